The molecule has 0 spiro atoms. The smallest absolute Gasteiger partial charge is 0.328 e. The molecule has 0 aliphatic carbocycles. The Kier molecular flexibility index (Phi) is 7.37. The van der Waals surface area contributed by atoms with Gasteiger partial charge in [0.2, 0.25) is 0 Å². The van der Waals surface area contributed by atoms with Gasteiger partial charge in [0.05, 0.1) is 4.88 Å². The van der Waals surface area contributed by atoms with Crippen molar-refractivity contribution in [3.63, 3.8) is 0 Å². The van der Waals surface area contributed by atoms with Gasteiger partial charge < -0.3 is 15.3 Å². The first kappa shape index (κ1) is 18.9. The molecule has 0 atom stereocenters. The first-order valence-electron chi connectivity index (χ1n) is 8.05. The van der Waals surface area contributed by atoms with Crippen molar-refractivity contribution < 1.29 is 14.7 Å². The summed E-state index contributed by atoms with van der Waals surface area (Å²) in [6, 6.07) is 12.0. The van der Waals surface area contributed by atoms with Crippen LogP contribution in [0.5, 0.6) is 0 Å². The van der Waals surface area contributed by atoms with Crippen LogP contribution in [0.4, 0.5) is 0 Å². The molecule has 25 heavy (non-hydrogen) atoms. The molecule has 2 aromatic rings. The molecular formula is C19H22N2O3S. The number of nitrogens with one attached hydrogen (secondary N) is 1. The summed E-state index contributed by atoms with van der Waals surface area (Å²) in [6.07, 6.45) is 3.33. The number of carbonyl (C=O) groups is 2. The molecular weight excluding hydrogens is 336 g/mol. The second-order valence-electron chi connectivity index (χ2n) is 5.71. The van der Waals surface area contributed by atoms with E-state index in [0.29, 0.717) is 17.0 Å². The van der Waals surface area contributed by atoms with Crippen LogP contribution in [0.1, 0.15) is 27.2 Å². The van der Waals surface area contributed by atoms with Crippen LogP contribution in [-0.2, 0) is 11.3 Å². The van der Waals surface area contributed by atoms with E-state index in [2.05, 4.69) is 29.4 Å². The van der Waals surface area contributed by atoms with Gasteiger partial charge in [0.15, 0.2) is 0 Å². The number of carbonyl (C=O) groups excluding carboxylic acids is 1. The summed E-state index contributed by atoms with van der Waals surface area (Å²) in [5.41, 5.74) is 1.90. The molecule has 0 saturated carbocycles. The third-order valence-electron chi connectivity index (χ3n) is 3.60. The van der Waals surface area contributed by atoms with Gasteiger partial charge in [0.1, 0.15) is 0 Å². The minimum Gasteiger partial charge on any atom is -0.478 e. The molecule has 2 N–H and O–H groups in total. The maximum Gasteiger partial charge on any atom is 0.328 e. The second-order valence-corrected chi connectivity index (χ2v) is 6.63. The summed E-state index contributed by atoms with van der Waals surface area (Å²) in [7, 11) is 2.06. The lowest BCUT2D eigenvalue weighted by Crippen LogP contribution is -2.28. The molecule has 0 bridgehead atoms. The Balaban J connectivity index is 1.74. The van der Waals surface area contributed by atoms with Gasteiger partial charge >= 0.3 is 5.97 Å². The van der Waals surface area contributed by atoms with E-state index in [1.165, 1.54) is 23.0 Å². The van der Waals surface area contributed by atoms with E-state index in [1.54, 1.807) is 11.4 Å². The largest absolute Gasteiger partial charge is 0.478 e. The number of benzene rings is 1. The summed E-state index contributed by atoms with van der Waals surface area (Å²) >= 11 is 1.31. The number of carboxylic acid groups (broad SMARTS) is 1. The Morgan fingerprint density at radius 3 is 2.72 bits per heavy atom. The molecule has 0 aliphatic rings. The molecule has 6 heteroatoms. The normalized spacial score (nSPS) is 11.1. The van der Waals surface area contributed by atoms with Crippen LogP contribution in [0.25, 0.3) is 6.08 Å². The SMILES string of the molecule is CN(CCCNC(=O)c1sccc1/C=C/C(=O)O)Cc1ccccc1. The predicted molar refractivity (Wildman–Crippen MR) is 101 cm³/mol. The third-order valence-corrected chi connectivity index (χ3v) is 4.53. The zero-order chi connectivity index (χ0) is 18.1. The lowest BCUT2D eigenvalue weighted by Gasteiger charge is -2.16. The maximum absolute atomic E-state index is 12.2. The van der Waals surface area contributed by atoms with E-state index >= 15 is 0 Å². The van der Waals surface area contributed by atoms with Crippen molar-refractivity contribution in [1.82, 2.24) is 10.2 Å². The summed E-state index contributed by atoms with van der Waals surface area (Å²) in [5, 5.41) is 13.4. The quantitative estimate of drug-likeness (QED) is 0.534. The van der Waals surface area contributed by atoms with E-state index < -0.39 is 5.97 Å². The minimum atomic E-state index is -1.03. The second kappa shape index (κ2) is 9.76. The van der Waals surface area contributed by atoms with Gasteiger partial charge in [-0.3, -0.25) is 4.79 Å². The number of aliphatic carboxylic acids is 1. The molecule has 132 valence electrons. The van der Waals surface area contributed by atoms with Gasteiger partial charge in [-0.1, -0.05) is 30.3 Å². The van der Waals surface area contributed by atoms with Gasteiger partial charge in [0, 0.05) is 19.2 Å². The van der Waals surface area contributed by atoms with Crippen LogP contribution in [0.2, 0.25) is 0 Å². The van der Waals surface area contributed by atoms with Crippen LogP contribution in [0.15, 0.2) is 47.9 Å². The molecule has 1 heterocycles. The fourth-order valence-corrected chi connectivity index (χ4v) is 3.20. The van der Waals surface area contributed by atoms with Crippen LogP contribution in [0, 0.1) is 0 Å². The molecule has 2 rings (SSSR count). The lowest BCUT2D eigenvalue weighted by molar-refractivity contribution is -0.131. The van der Waals surface area contributed by atoms with Crippen molar-refractivity contribution in [2.45, 2.75) is 13.0 Å². The molecule has 0 fully saturated rings. The number of amides is 1. The highest BCUT2D eigenvalue weighted by Gasteiger charge is 2.11. The lowest BCUT2D eigenvalue weighted by atomic mass is 10.2. The number of nitrogens with zero attached hydrogens (tertiary/aromatic N) is 1. The summed E-state index contributed by atoms with van der Waals surface area (Å²) in [4.78, 5) is 25.6. The standard InChI is InChI=1S/C19H22N2O3S/c1-21(14-15-6-3-2-4-7-15)12-5-11-20-19(24)18-16(10-13-25-18)8-9-17(22)23/h2-4,6-10,13H,5,11-12,14H2,1H3,(H,20,24)(H,22,23)/b9-8+. The molecule has 0 aliphatic heterocycles. The first-order chi connectivity index (χ1) is 12.1. The van der Waals surface area contributed by atoms with Gasteiger partial charge in [-0.25, -0.2) is 4.79 Å². The predicted octanol–water partition coefficient (Wildman–Crippen LogP) is 3.10. The van der Waals surface area contributed by atoms with E-state index in [4.69, 9.17) is 5.11 Å². The molecule has 0 unspecified atom stereocenters. The van der Waals surface area contributed by atoms with Gasteiger partial charge in [-0.05, 0) is 48.7 Å². The van der Waals surface area contributed by atoms with Crippen molar-refractivity contribution in [2.24, 2.45) is 0 Å². The summed E-state index contributed by atoms with van der Waals surface area (Å²) < 4.78 is 0. The Bertz CT molecular complexity index is 725. The fraction of sp³-hybridized carbons (Fsp3) is 0.263. The molecule has 0 radical (unpaired) electrons. The topological polar surface area (TPSA) is 69.6 Å². The Morgan fingerprint density at radius 2 is 2.00 bits per heavy atom. The highest BCUT2D eigenvalue weighted by molar-refractivity contribution is 7.12. The van der Waals surface area contributed by atoms with Crippen LogP contribution in [0.3, 0.4) is 0 Å². The van der Waals surface area contributed by atoms with Crippen LogP contribution < -0.4 is 5.32 Å². The number of thiophene rings is 1. The fourth-order valence-electron chi connectivity index (χ4n) is 2.40. The Hall–Kier alpha value is -2.44. The highest BCUT2D eigenvalue weighted by atomic mass is 32.1. The molecule has 1 aromatic carbocycles. The zero-order valence-corrected chi connectivity index (χ0v) is 15.0. The van der Waals surface area contributed by atoms with Crippen molar-refractivity contribution in [3.05, 3.63) is 63.9 Å². The van der Waals surface area contributed by atoms with Gasteiger partial charge in [-0.15, -0.1) is 11.3 Å². The van der Waals surface area contributed by atoms with Crippen LogP contribution >= 0.6 is 11.3 Å². The van der Waals surface area contributed by atoms with Gasteiger partial charge in [0.25, 0.3) is 5.91 Å². The van der Waals surface area contributed by atoms with E-state index in [0.717, 1.165) is 25.6 Å². The highest BCUT2D eigenvalue weighted by Crippen LogP contribution is 2.18. The zero-order valence-electron chi connectivity index (χ0n) is 14.1. The van der Waals surface area contributed by atoms with Crippen LogP contribution in [-0.4, -0.2) is 42.0 Å². The Labute approximate surface area is 151 Å². The van der Waals surface area contributed by atoms with Crippen molar-refractivity contribution >= 4 is 29.3 Å². The average Bonchev–Trinajstić information content (AvgIpc) is 3.06. The molecule has 0 saturated heterocycles. The summed E-state index contributed by atoms with van der Waals surface area (Å²) in [6.45, 7) is 2.34. The summed E-state index contributed by atoms with van der Waals surface area (Å²) in [5.74, 6) is -1.19. The van der Waals surface area contributed by atoms with Gasteiger partial charge in [-0.2, -0.15) is 0 Å². The Morgan fingerprint density at radius 1 is 1.24 bits per heavy atom. The van der Waals surface area contributed by atoms with E-state index in [9.17, 15) is 9.59 Å². The number of hydrogen-bond acceptors (Lipinski definition) is 4. The molecule has 5 nitrogen and oxygen atoms in total. The molecule has 1 aromatic heterocycles. The monoisotopic (exact) mass is 358 g/mol. The average molecular weight is 358 g/mol. The minimum absolute atomic E-state index is 0.161. The van der Waals surface area contributed by atoms with E-state index in [1.807, 2.05) is 18.2 Å². The molecule has 1 amide bonds. The number of rotatable bonds is 9. The maximum atomic E-state index is 12.2. The number of hydrogen-bond donors (Lipinski definition) is 2. The van der Waals surface area contributed by atoms with E-state index in [-0.39, 0.29) is 5.91 Å². The third kappa shape index (κ3) is 6.52. The van der Waals surface area contributed by atoms with Crippen molar-refractivity contribution in [2.75, 3.05) is 20.1 Å². The van der Waals surface area contributed by atoms with Crippen molar-refractivity contribution in [3.8, 4) is 0 Å². The van der Waals surface area contributed by atoms with Crippen molar-refractivity contribution in [1.29, 1.82) is 0 Å². The number of carboxylic acids is 1. The first-order valence-corrected chi connectivity index (χ1v) is 8.93.